The monoisotopic (exact) mass is 738 g/mol. The molecular formula is C25H42N2O21S. The number of carboxylic acid groups (broad SMARTS) is 1. The molecule has 13 N–H and O–H groups in total. The summed E-state index contributed by atoms with van der Waals surface area (Å²) in [5.41, 5.74) is 0. The number of aliphatic hydroxyl groups is 9. The number of aliphatic hydroxyl groups excluding tert-OH is 9. The van der Waals surface area contributed by atoms with Crippen LogP contribution in [0, 0.1) is 0 Å². The van der Waals surface area contributed by atoms with Gasteiger partial charge in [-0.3, -0.25) is 14.1 Å². The maximum absolute atomic E-state index is 12.5. The predicted molar refractivity (Wildman–Crippen MR) is 151 cm³/mol. The van der Waals surface area contributed by atoms with Crippen molar-refractivity contribution in [2.45, 2.75) is 118 Å². The Morgan fingerprint density at radius 2 is 1.49 bits per heavy atom. The van der Waals surface area contributed by atoms with E-state index in [9.17, 15) is 78.4 Å². The van der Waals surface area contributed by atoms with Crippen molar-refractivity contribution in [3.8, 4) is 0 Å². The van der Waals surface area contributed by atoms with Crippen molar-refractivity contribution in [1.29, 1.82) is 0 Å². The van der Waals surface area contributed by atoms with Gasteiger partial charge in [-0.1, -0.05) is 0 Å². The Labute approximate surface area is 277 Å². The van der Waals surface area contributed by atoms with Crippen molar-refractivity contribution < 1.29 is 102 Å². The molecule has 24 heteroatoms. The molecule has 0 aromatic rings. The summed E-state index contributed by atoms with van der Waals surface area (Å²) in [4.78, 5) is 35.8. The number of amides is 2. The van der Waals surface area contributed by atoms with Gasteiger partial charge >= 0.3 is 5.97 Å². The molecule has 49 heavy (non-hydrogen) atoms. The van der Waals surface area contributed by atoms with E-state index in [1.54, 1.807) is 0 Å². The number of hydrogen-bond donors (Lipinski definition) is 13. The van der Waals surface area contributed by atoms with E-state index in [-0.39, 0.29) is 0 Å². The molecule has 284 valence electrons. The molecule has 3 saturated heterocycles. The fourth-order valence-electron chi connectivity index (χ4n) is 5.65. The molecular weight excluding hydrogens is 696 g/mol. The average Bonchev–Trinajstić information content (AvgIpc) is 2.99. The van der Waals surface area contributed by atoms with Crippen LogP contribution in [-0.2, 0) is 48.2 Å². The number of hydrogen-bond acceptors (Lipinski definition) is 19. The second kappa shape index (κ2) is 16.4. The van der Waals surface area contributed by atoms with Crippen LogP contribution in [0.3, 0.4) is 0 Å². The minimum absolute atomic E-state index is 0.755. The van der Waals surface area contributed by atoms with Crippen LogP contribution in [0.5, 0.6) is 0 Å². The number of rotatable bonds is 13. The van der Waals surface area contributed by atoms with Crippen LogP contribution in [0.2, 0.25) is 0 Å². The van der Waals surface area contributed by atoms with E-state index in [0.29, 0.717) is 0 Å². The summed E-state index contributed by atoms with van der Waals surface area (Å²) in [5, 5.41) is 108. The number of aliphatic carboxylic acids is 1. The smallest absolute Gasteiger partial charge is 0.364 e. The molecule has 16 atom stereocenters. The van der Waals surface area contributed by atoms with E-state index >= 15 is 0 Å². The highest BCUT2D eigenvalue weighted by molar-refractivity contribution is 7.85. The van der Waals surface area contributed by atoms with Crippen LogP contribution in [0.4, 0.5) is 0 Å². The van der Waals surface area contributed by atoms with Crippen molar-refractivity contribution >= 4 is 27.9 Å². The third kappa shape index (κ3) is 9.76. The summed E-state index contributed by atoms with van der Waals surface area (Å²) in [6.45, 7) is -0.0808. The van der Waals surface area contributed by atoms with Gasteiger partial charge in [0.2, 0.25) is 11.8 Å². The molecule has 3 heterocycles. The van der Waals surface area contributed by atoms with Gasteiger partial charge in [-0.15, -0.1) is 0 Å². The van der Waals surface area contributed by atoms with E-state index in [2.05, 4.69) is 10.6 Å². The lowest BCUT2D eigenvalue weighted by molar-refractivity contribution is -0.356. The van der Waals surface area contributed by atoms with Gasteiger partial charge in [0.15, 0.2) is 12.6 Å². The highest BCUT2D eigenvalue weighted by Gasteiger charge is 2.57. The zero-order valence-electron chi connectivity index (χ0n) is 25.9. The normalized spacial score (nSPS) is 41.3. The number of carbonyl (C=O) groups excluding carboxylic acids is 2. The standard InChI is InChI=1S/C25H42N2O21S/c1-7(29)26-13-9(31)3-25(24(39)40,48-21(13)15(33)10(32)4-28)44-5-11-16(34)18(36)19(37)23(46-11)47-20-12(6-49(41,42)43)45-22(38)14(17(20)35)27-8(2)30/h9-23,28,31-38H,3-6H2,1-2H3,(H,26,29)(H,27,30)(H,39,40)(H,41,42,43)/t9-,10+,11+,12+,13+,14+,15+,16-,17+,18-,19+,20+,21+,22+,23-,25+/m0/s1. The molecule has 0 unspecified atom stereocenters. The van der Waals surface area contributed by atoms with Crippen LogP contribution in [0.15, 0.2) is 0 Å². The zero-order chi connectivity index (χ0) is 37.2. The molecule has 3 rings (SSSR count). The average molecular weight is 739 g/mol. The summed E-state index contributed by atoms with van der Waals surface area (Å²) in [6, 6.07) is -3.19. The van der Waals surface area contributed by atoms with Gasteiger partial charge < -0.3 is 85.4 Å². The molecule has 0 spiro atoms. The zero-order valence-corrected chi connectivity index (χ0v) is 26.7. The summed E-state index contributed by atoms with van der Waals surface area (Å²) in [5.74, 6) is -7.67. The molecule has 3 aliphatic heterocycles. The van der Waals surface area contributed by atoms with Gasteiger partial charge in [0.1, 0.15) is 72.8 Å². The quantitative estimate of drug-likeness (QED) is 0.0780. The Balaban J connectivity index is 1.88. The van der Waals surface area contributed by atoms with Crippen LogP contribution in [-0.4, -0.2) is 198 Å². The van der Waals surface area contributed by atoms with Crippen LogP contribution in [0.1, 0.15) is 20.3 Å². The first-order valence-electron chi connectivity index (χ1n) is 14.7. The molecule has 0 radical (unpaired) electrons. The largest absolute Gasteiger partial charge is 0.477 e. The van der Waals surface area contributed by atoms with Crippen molar-refractivity contribution in [1.82, 2.24) is 10.6 Å². The van der Waals surface area contributed by atoms with E-state index in [1.165, 1.54) is 0 Å². The Kier molecular flexibility index (Phi) is 13.8. The second-order valence-corrected chi connectivity index (χ2v) is 13.3. The van der Waals surface area contributed by atoms with Crippen molar-refractivity contribution in [3.05, 3.63) is 0 Å². The molecule has 0 aliphatic carbocycles. The third-order valence-corrected chi connectivity index (χ3v) is 8.81. The number of carboxylic acids is 1. The van der Waals surface area contributed by atoms with Gasteiger partial charge in [-0.05, 0) is 0 Å². The fraction of sp³-hybridized carbons (Fsp3) is 0.880. The summed E-state index contributed by atoms with van der Waals surface area (Å²) >= 11 is 0. The molecule has 0 aromatic heterocycles. The third-order valence-electron chi connectivity index (χ3n) is 8.06. The highest BCUT2D eigenvalue weighted by Crippen LogP contribution is 2.35. The second-order valence-electron chi connectivity index (χ2n) is 11.8. The lowest BCUT2D eigenvalue weighted by Crippen LogP contribution is -2.69. The van der Waals surface area contributed by atoms with E-state index in [1.807, 2.05) is 0 Å². The van der Waals surface area contributed by atoms with Gasteiger partial charge in [-0.2, -0.15) is 8.42 Å². The topological polar surface area (TPSA) is 378 Å². The maximum atomic E-state index is 12.5. The summed E-state index contributed by atoms with van der Waals surface area (Å²) in [7, 11) is -4.89. The molecule has 0 bridgehead atoms. The molecule has 0 aromatic carbocycles. The van der Waals surface area contributed by atoms with Gasteiger partial charge in [-0.25, -0.2) is 4.79 Å². The predicted octanol–water partition coefficient (Wildman–Crippen LogP) is -8.18. The van der Waals surface area contributed by atoms with Crippen molar-refractivity contribution in [3.63, 3.8) is 0 Å². The first-order valence-corrected chi connectivity index (χ1v) is 16.3. The minimum atomic E-state index is -4.89. The Hall–Kier alpha value is -2.24. The molecule has 23 nitrogen and oxygen atoms in total. The first kappa shape index (κ1) is 41.2. The first-order chi connectivity index (χ1) is 22.6. The highest BCUT2D eigenvalue weighted by atomic mass is 32.2. The van der Waals surface area contributed by atoms with E-state index in [0.717, 1.165) is 13.8 Å². The van der Waals surface area contributed by atoms with Gasteiger partial charge in [0.05, 0.1) is 25.4 Å². The fourth-order valence-corrected chi connectivity index (χ4v) is 6.33. The Bertz CT molecular complexity index is 1280. The molecule has 3 fully saturated rings. The number of carbonyl (C=O) groups is 3. The lowest BCUT2D eigenvalue weighted by Gasteiger charge is -2.48. The molecule has 3 aliphatic rings. The number of ether oxygens (including phenoxy) is 5. The number of nitrogens with one attached hydrogen (secondary N) is 2. The van der Waals surface area contributed by atoms with E-state index in [4.69, 9.17) is 23.7 Å². The van der Waals surface area contributed by atoms with E-state index < -0.39 is 151 Å². The molecule has 2 amide bonds. The van der Waals surface area contributed by atoms with Crippen molar-refractivity contribution in [2.75, 3.05) is 19.0 Å². The van der Waals surface area contributed by atoms with Gasteiger partial charge in [0.25, 0.3) is 15.9 Å². The van der Waals surface area contributed by atoms with Crippen LogP contribution >= 0.6 is 0 Å². The molecule has 0 saturated carbocycles. The summed E-state index contributed by atoms with van der Waals surface area (Å²) < 4.78 is 59.7. The van der Waals surface area contributed by atoms with Crippen LogP contribution < -0.4 is 10.6 Å². The summed E-state index contributed by atoms with van der Waals surface area (Å²) in [6.07, 6.45) is -27.0. The Morgan fingerprint density at radius 3 is 2.02 bits per heavy atom. The lowest BCUT2D eigenvalue weighted by atomic mass is 9.88. The van der Waals surface area contributed by atoms with Gasteiger partial charge in [0, 0.05) is 20.3 Å². The maximum Gasteiger partial charge on any atom is 0.364 e. The van der Waals surface area contributed by atoms with Crippen molar-refractivity contribution in [2.24, 2.45) is 0 Å². The SMILES string of the molecule is CC(=O)N[C@@H]1[C@@H](O)[C@H](O[C@@H]2O[C@H](CO[C@]3(C(=O)O)C[C@H](O)[C@@H](NC(C)=O)[C@H]([C@H](O)[C@H](O)CO)O3)[C@H](O)[C@H](O)[C@H]2O)[C@@H](CS(=O)(=O)O)O[C@H]1O. The Morgan fingerprint density at radius 1 is 0.898 bits per heavy atom. The minimum Gasteiger partial charge on any atom is -0.477 e. The van der Waals surface area contributed by atoms with Crippen LogP contribution in [0.25, 0.3) is 0 Å².